The van der Waals surface area contributed by atoms with Gasteiger partial charge in [0.2, 0.25) is 17.7 Å². The molecule has 0 radical (unpaired) electrons. The lowest BCUT2D eigenvalue weighted by molar-refractivity contribution is -0.245. The molecule has 1 aliphatic heterocycles. The molecule has 0 saturated carbocycles. The number of carbonyl (C=O) groups excluding carboxylic acids is 3. The standard InChI is InChI=1S/C41H47N3O6S/c1-28(46)42-21-5-3-4-12-40(48)43-25-31-8-6-9-33(22-31)34-10-7-11-35(23-34)41-49-37(24-39(50-41)32-15-13-30(26-45)14-16-32)27-51-38-19-17-36(18-20-38)44-29(2)47/h6-11,13-20,22-23,37,39,41,45H,3-5,12,21,24-27H2,1-2H3,(H,42,46)(H,43,48)(H,44,47)/t37-,39+,41+/m0/s1. The number of hydrogen-bond acceptors (Lipinski definition) is 7. The summed E-state index contributed by atoms with van der Waals surface area (Å²) in [5.41, 5.74) is 6.62. The highest BCUT2D eigenvalue weighted by molar-refractivity contribution is 7.99. The Kier molecular flexibility index (Phi) is 14.2. The van der Waals surface area contributed by atoms with Gasteiger partial charge in [-0.25, -0.2) is 0 Å². The van der Waals surface area contributed by atoms with E-state index in [1.807, 2.05) is 72.8 Å². The fourth-order valence-corrected chi connectivity index (χ4v) is 6.84. The van der Waals surface area contributed by atoms with Crippen LogP contribution in [0.5, 0.6) is 0 Å². The molecular weight excluding hydrogens is 663 g/mol. The number of anilines is 1. The average molecular weight is 710 g/mol. The first kappa shape index (κ1) is 37.8. The van der Waals surface area contributed by atoms with Gasteiger partial charge in [0.15, 0.2) is 6.29 Å². The van der Waals surface area contributed by atoms with Crippen LogP contribution in [0.2, 0.25) is 0 Å². The average Bonchev–Trinajstić information content (AvgIpc) is 3.15. The molecule has 268 valence electrons. The van der Waals surface area contributed by atoms with E-state index in [-0.39, 0.29) is 36.5 Å². The molecule has 4 aromatic rings. The summed E-state index contributed by atoms with van der Waals surface area (Å²) in [5.74, 6) is 0.602. The van der Waals surface area contributed by atoms with Crippen molar-refractivity contribution in [2.75, 3.05) is 17.6 Å². The van der Waals surface area contributed by atoms with Gasteiger partial charge in [-0.05, 0) is 77.1 Å². The second-order valence-corrected chi connectivity index (χ2v) is 13.9. The highest BCUT2D eigenvalue weighted by Crippen LogP contribution is 2.40. The summed E-state index contributed by atoms with van der Waals surface area (Å²) in [6.45, 7) is 4.07. The number of aliphatic hydroxyl groups is 1. The Labute approximate surface area is 304 Å². The summed E-state index contributed by atoms with van der Waals surface area (Å²) in [5, 5.41) is 18.2. The highest BCUT2D eigenvalue weighted by atomic mass is 32.2. The summed E-state index contributed by atoms with van der Waals surface area (Å²) in [4.78, 5) is 35.9. The molecule has 4 aromatic carbocycles. The van der Waals surface area contributed by atoms with Crippen molar-refractivity contribution in [2.45, 2.75) is 82.5 Å². The van der Waals surface area contributed by atoms with Crippen LogP contribution >= 0.6 is 11.8 Å². The molecule has 0 aliphatic carbocycles. The zero-order valence-electron chi connectivity index (χ0n) is 29.2. The molecule has 3 amide bonds. The lowest BCUT2D eigenvalue weighted by atomic mass is 9.99. The molecule has 3 atom stereocenters. The maximum atomic E-state index is 12.5. The number of rotatable bonds is 16. The van der Waals surface area contributed by atoms with Crippen LogP contribution in [-0.4, -0.2) is 41.2 Å². The van der Waals surface area contributed by atoms with Crippen LogP contribution in [0.4, 0.5) is 5.69 Å². The fraction of sp³-hybridized carbons (Fsp3) is 0.341. The van der Waals surface area contributed by atoms with Gasteiger partial charge in [-0.2, -0.15) is 0 Å². The van der Waals surface area contributed by atoms with Crippen molar-refractivity contribution in [1.82, 2.24) is 10.6 Å². The van der Waals surface area contributed by atoms with Gasteiger partial charge in [0.1, 0.15) is 0 Å². The van der Waals surface area contributed by atoms with Gasteiger partial charge in [0.25, 0.3) is 0 Å². The molecule has 51 heavy (non-hydrogen) atoms. The molecule has 0 spiro atoms. The molecule has 1 saturated heterocycles. The minimum absolute atomic E-state index is 0.0139. The SMILES string of the molecule is CC(=O)NCCCCCC(=O)NCc1cccc(-c2cccc([C@@H]3O[C@H](CSc4ccc(NC(C)=O)cc4)C[C@H](c4ccc(CO)cc4)O3)c2)c1. The quantitative estimate of drug-likeness (QED) is 0.0703. The summed E-state index contributed by atoms with van der Waals surface area (Å²) < 4.78 is 13.2. The number of thioether (sulfide) groups is 1. The van der Waals surface area contributed by atoms with E-state index < -0.39 is 6.29 Å². The van der Waals surface area contributed by atoms with Crippen LogP contribution in [0.15, 0.2) is 102 Å². The number of hydrogen-bond donors (Lipinski definition) is 4. The third kappa shape index (κ3) is 12.1. The van der Waals surface area contributed by atoms with E-state index in [4.69, 9.17) is 9.47 Å². The third-order valence-corrected chi connectivity index (χ3v) is 9.73. The van der Waals surface area contributed by atoms with Crippen LogP contribution in [0.25, 0.3) is 11.1 Å². The zero-order chi connectivity index (χ0) is 36.0. The van der Waals surface area contributed by atoms with Crippen molar-refractivity contribution in [2.24, 2.45) is 0 Å². The molecule has 0 unspecified atom stereocenters. The Morgan fingerprint density at radius 3 is 2.24 bits per heavy atom. The fourth-order valence-electron chi connectivity index (χ4n) is 5.92. The predicted molar refractivity (Wildman–Crippen MR) is 201 cm³/mol. The lowest BCUT2D eigenvalue weighted by Crippen LogP contribution is -2.31. The summed E-state index contributed by atoms with van der Waals surface area (Å²) in [6, 6.07) is 32.0. The number of aliphatic hydroxyl groups excluding tert-OH is 1. The van der Waals surface area contributed by atoms with Crippen molar-refractivity contribution in [3.63, 3.8) is 0 Å². The number of nitrogens with one attached hydrogen (secondary N) is 3. The molecule has 0 aromatic heterocycles. The monoisotopic (exact) mass is 709 g/mol. The Balaban J connectivity index is 1.24. The molecule has 4 N–H and O–H groups in total. The highest BCUT2D eigenvalue weighted by Gasteiger charge is 2.32. The minimum Gasteiger partial charge on any atom is -0.392 e. The molecule has 9 nitrogen and oxygen atoms in total. The van der Waals surface area contributed by atoms with E-state index in [0.717, 1.165) is 69.0 Å². The number of ether oxygens (including phenoxy) is 2. The molecule has 0 bridgehead atoms. The van der Waals surface area contributed by atoms with Crippen LogP contribution in [-0.2, 0) is 37.0 Å². The molecule has 1 heterocycles. The van der Waals surface area contributed by atoms with E-state index in [2.05, 4.69) is 40.2 Å². The van der Waals surface area contributed by atoms with E-state index in [0.29, 0.717) is 25.9 Å². The van der Waals surface area contributed by atoms with Gasteiger partial charge in [-0.15, -0.1) is 11.8 Å². The summed E-state index contributed by atoms with van der Waals surface area (Å²) in [6.07, 6.45) is 2.78. The summed E-state index contributed by atoms with van der Waals surface area (Å²) in [7, 11) is 0. The predicted octanol–water partition coefficient (Wildman–Crippen LogP) is 7.45. The van der Waals surface area contributed by atoms with E-state index in [9.17, 15) is 19.5 Å². The van der Waals surface area contributed by atoms with Gasteiger partial charge in [0, 0.05) is 61.7 Å². The van der Waals surface area contributed by atoms with E-state index in [1.165, 1.54) is 13.8 Å². The van der Waals surface area contributed by atoms with Crippen LogP contribution in [0.3, 0.4) is 0 Å². The largest absolute Gasteiger partial charge is 0.392 e. The van der Waals surface area contributed by atoms with E-state index >= 15 is 0 Å². The maximum Gasteiger partial charge on any atom is 0.221 e. The molecule has 10 heteroatoms. The van der Waals surface area contributed by atoms with E-state index in [1.54, 1.807) is 11.8 Å². The molecule has 1 fully saturated rings. The first-order chi connectivity index (χ1) is 24.7. The smallest absolute Gasteiger partial charge is 0.221 e. The minimum atomic E-state index is -0.588. The van der Waals surface area contributed by atoms with Crippen LogP contribution in [0, 0.1) is 0 Å². The Bertz CT molecular complexity index is 1750. The number of unbranched alkanes of at least 4 members (excludes halogenated alkanes) is 2. The van der Waals surface area contributed by atoms with Crippen molar-refractivity contribution < 1.29 is 29.0 Å². The second-order valence-electron chi connectivity index (χ2n) is 12.8. The summed E-state index contributed by atoms with van der Waals surface area (Å²) >= 11 is 1.70. The number of amides is 3. The van der Waals surface area contributed by atoms with Crippen molar-refractivity contribution >= 4 is 35.2 Å². The zero-order valence-corrected chi connectivity index (χ0v) is 30.0. The van der Waals surface area contributed by atoms with Crippen LogP contribution in [0.1, 0.15) is 80.6 Å². The first-order valence-corrected chi connectivity index (χ1v) is 18.5. The molecule has 1 aliphatic rings. The molecular formula is C41H47N3O6S. The lowest BCUT2D eigenvalue weighted by Gasteiger charge is -2.36. The van der Waals surface area contributed by atoms with Gasteiger partial charge >= 0.3 is 0 Å². The first-order valence-electron chi connectivity index (χ1n) is 17.5. The normalized spacial score (nSPS) is 17.0. The Morgan fingerprint density at radius 2 is 1.51 bits per heavy atom. The van der Waals surface area contributed by atoms with Gasteiger partial charge < -0.3 is 30.5 Å². The topological polar surface area (TPSA) is 126 Å². The number of carbonyl (C=O) groups is 3. The van der Waals surface area contributed by atoms with Crippen molar-refractivity contribution in [3.8, 4) is 11.1 Å². The van der Waals surface area contributed by atoms with Crippen molar-refractivity contribution in [3.05, 3.63) is 119 Å². The second kappa shape index (κ2) is 19.2. The molecule has 5 rings (SSSR count). The van der Waals surface area contributed by atoms with Gasteiger partial charge in [-0.3, -0.25) is 14.4 Å². The van der Waals surface area contributed by atoms with Gasteiger partial charge in [0.05, 0.1) is 18.8 Å². The van der Waals surface area contributed by atoms with Gasteiger partial charge in [-0.1, -0.05) is 67.1 Å². The number of benzene rings is 4. The third-order valence-electron chi connectivity index (χ3n) is 8.59. The maximum absolute atomic E-state index is 12.5. The van der Waals surface area contributed by atoms with Crippen molar-refractivity contribution in [1.29, 1.82) is 0 Å². The van der Waals surface area contributed by atoms with Crippen LogP contribution < -0.4 is 16.0 Å². The Hall–Kier alpha value is -4.48. The Morgan fingerprint density at radius 1 is 0.765 bits per heavy atom.